The van der Waals surface area contributed by atoms with Gasteiger partial charge < -0.3 is 10.1 Å². The zero-order valence-electron chi connectivity index (χ0n) is 10.5. The van der Waals surface area contributed by atoms with Gasteiger partial charge in [-0.1, -0.05) is 25.4 Å². The van der Waals surface area contributed by atoms with Crippen LogP contribution in [0.15, 0.2) is 18.2 Å². The third kappa shape index (κ3) is 3.38. The minimum atomic E-state index is -0.472. The minimum absolute atomic E-state index is 0.0594. The van der Waals surface area contributed by atoms with Crippen molar-refractivity contribution in [2.45, 2.75) is 19.9 Å². The maximum atomic E-state index is 11.6. The quantitative estimate of drug-likeness (QED) is 0.851. The Balaban J connectivity index is 2.95. The molecule has 0 radical (unpaired) electrons. The number of benzene rings is 1. The summed E-state index contributed by atoms with van der Waals surface area (Å²) < 4.78 is 4.73. The zero-order valence-corrected chi connectivity index (χ0v) is 11.3. The Labute approximate surface area is 112 Å². The first-order chi connectivity index (χ1) is 8.49. The van der Waals surface area contributed by atoms with Gasteiger partial charge in [0.1, 0.15) is 6.04 Å². The van der Waals surface area contributed by atoms with Crippen LogP contribution in [0.5, 0.6) is 0 Å². The van der Waals surface area contributed by atoms with Crippen LogP contribution in [0.25, 0.3) is 0 Å². The molecular formula is C13H15ClN2O2. The number of ether oxygens (including phenoxy) is 1. The Kier molecular flexibility index (Phi) is 4.99. The molecule has 0 saturated carbocycles. The molecule has 1 aromatic carbocycles. The SMILES string of the molecule is COC(=O)C(Nc1ccc(C#N)cc1Cl)C(C)C. The summed E-state index contributed by atoms with van der Waals surface area (Å²) in [6.45, 7) is 3.82. The van der Waals surface area contributed by atoms with Gasteiger partial charge in [-0.3, -0.25) is 0 Å². The van der Waals surface area contributed by atoms with Crippen molar-refractivity contribution in [3.63, 3.8) is 0 Å². The number of carbonyl (C=O) groups excluding carboxylic acids is 1. The van der Waals surface area contributed by atoms with Gasteiger partial charge in [-0.05, 0) is 24.1 Å². The van der Waals surface area contributed by atoms with Gasteiger partial charge in [0.15, 0.2) is 0 Å². The highest BCUT2D eigenvalue weighted by atomic mass is 35.5. The summed E-state index contributed by atoms with van der Waals surface area (Å²) in [5.41, 5.74) is 1.09. The van der Waals surface area contributed by atoms with Gasteiger partial charge in [0.05, 0.1) is 29.5 Å². The summed E-state index contributed by atoms with van der Waals surface area (Å²) in [5.74, 6) is -0.283. The van der Waals surface area contributed by atoms with Crippen molar-refractivity contribution in [2.75, 3.05) is 12.4 Å². The molecule has 1 rings (SSSR count). The van der Waals surface area contributed by atoms with Crippen LogP contribution in [-0.2, 0) is 9.53 Å². The molecule has 5 heteroatoms. The van der Waals surface area contributed by atoms with E-state index in [1.165, 1.54) is 7.11 Å². The number of nitrogens with zero attached hydrogens (tertiary/aromatic N) is 1. The molecule has 18 heavy (non-hydrogen) atoms. The average Bonchev–Trinajstić information content (AvgIpc) is 2.35. The van der Waals surface area contributed by atoms with Crippen molar-refractivity contribution in [3.05, 3.63) is 28.8 Å². The Morgan fingerprint density at radius 3 is 2.61 bits per heavy atom. The molecule has 4 nitrogen and oxygen atoms in total. The van der Waals surface area contributed by atoms with E-state index in [1.807, 2.05) is 19.9 Å². The first kappa shape index (κ1) is 14.3. The molecule has 1 aromatic rings. The molecule has 1 unspecified atom stereocenters. The lowest BCUT2D eigenvalue weighted by molar-refractivity contribution is -0.142. The second kappa shape index (κ2) is 6.27. The molecule has 0 aliphatic heterocycles. The standard InChI is InChI=1S/C13H15ClN2O2/c1-8(2)12(13(17)18-3)16-11-5-4-9(7-15)6-10(11)14/h4-6,8,12,16H,1-3H3. The zero-order chi connectivity index (χ0) is 13.7. The third-order valence-electron chi connectivity index (χ3n) is 2.53. The second-order valence-corrected chi connectivity index (χ2v) is 4.60. The first-order valence-corrected chi connectivity index (χ1v) is 5.91. The number of methoxy groups -OCH3 is 1. The molecule has 1 N–H and O–H groups in total. The van der Waals surface area contributed by atoms with Crippen LogP contribution >= 0.6 is 11.6 Å². The van der Waals surface area contributed by atoms with Crippen LogP contribution in [0.4, 0.5) is 5.69 Å². The number of hydrogen-bond donors (Lipinski definition) is 1. The van der Waals surface area contributed by atoms with Gasteiger partial charge in [0.2, 0.25) is 0 Å². The van der Waals surface area contributed by atoms with E-state index >= 15 is 0 Å². The van der Waals surface area contributed by atoms with Crippen molar-refractivity contribution in [1.29, 1.82) is 5.26 Å². The number of nitrogens with one attached hydrogen (secondary N) is 1. The maximum absolute atomic E-state index is 11.6. The highest BCUT2D eigenvalue weighted by molar-refractivity contribution is 6.33. The number of hydrogen-bond acceptors (Lipinski definition) is 4. The van der Waals surface area contributed by atoms with Gasteiger partial charge >= 0.3 is 5.97 Å². The molecule has 1 atom stereocenters. The monoisotopic (exact) mass is 266 g/mol. The van der Waals surface area contributed by atoms with Gasteiger partial charge in [-0.25, -0.2) is 4.79 Å². The fourth-order valence-electron chi connectivity index (χ4n) is 1.49. The van der Waals surface area contributed by atoms with Gasteiger partial charge in [-0.2, -0.15) is 5.26 Å². The van der Waals surface area contributed by atoms with Gasteiger partial charge in [0, 0.05) is 0 Å². The topological polar surface area (TPSA) is 62.1 Å². The molecular weight excluding hydrogens is 252 g/mol. The van der Waals surface area contributed by atoms with Crippen molar-refractivity contribution in [2.24, 2.45) is 5.92 Å². The molecule has 96 valence electrons. The fourth-order valence-corrected chi connectivity index (χ4v) is 1.73. The Morgan fingerprint density at radius 2 is 2.17 bits per heavy atom. The van der Waals surface area contributed by atoms with Crippen LogP contribution in [0.1, 0.15) is 19.4 Å². The van der Waals surface area contributed by atoms with Gasteiger partial charge in [0.25, 0.3) is 0 Å². The predicted octanol–water partition coefficient (Wildman–Crippen LogP) is 2.82. The number of nitriles is 1. The van der Waals surface area contributed by atoms with E-state index < -0.39 is 6.04 Å². The Bertz CT molecular complexity index is 480. The van der Waals surface area contributed by atoms with Gasteiger partial charge in [-0.15, -0.1) is 0 Å². The first-order valence-electron chi connectivity index (χ1n) is 5.53. The molecule has 0 amide bonds. The molecule has 0 saturated heterocycles. The van der Waals surface area contributed by atoms with Crippen LogP contribution in [0, 0.1) is 17.2 Å². The van der Waals surface area contributed by atoms with E-state index in [0.717, 1.165) is 0 Å². The Morgan fingerprint density at radius 1 is 1.50 bits per heavy atom. The molecule has 0 bridgehead atoms. The summed E-state index contributed by atoms with van der Waals surface area (Å²) in [5, 5.41) is 12.2. The summed E-state index contributed by atoms with van der Waals surface area (Å²) in [6.07, 6.45) is 0. The molecule has 0 heterocycles. The summed E-state index contributed by atoms with van der Waals surface area (Å²) in [4.78, 5) is 11.6. The number of esters is 1. The number of carbonyl (C=O) groups is 1. The second-order valence-electron chi connectivity index (χ2n) is 4.20. The number of halogens is 1. The van der Waals surface area contributed by atoms with E-state index in [-0.39, 0.29) is 11.9 Å². The number of anilines is 1. The molecule has 0 aromatic heterocycles. The minimum Gasteiger partial charge on any atom is -0.467 e. The smallest absolute Gasteiger partial charge is 0.328 e. The van der Waals surface area contributed by atoms with Crippen LogP contribution in [0.2, 0.25) is 5.02 Å². The molecule has 0 aliphatic rings. The van der Waals surface area contributed by atoms with Crippen molar-refractivity contribution < 1.29 is 9.53 Å². The lowest BCUT2D eigenvalue weighted by Gasteiger charge is -2.21. The van der Waals surface area contributed by atoms with Crippen LogP contribution < -0.4 is 5.32 Å². The van der Waals surface area contributed by atoms with Crippen LogP contribution in [-0.4, -0.2) is 19.1 Å². The van der Waals surface area contributed by atoms with E-state index in [1.54, 1.807) is 18.2 Å². The highest BCUT2D eigenvalue weighted by Crippen LogP contribution is 2.25. The maximum Gasteiger partial charge on any atom is 0.328 e. The third-order valence-corrected chi connectivity index (χ3v) is 2.84. The molecule has 0 spiro atoms. The average molecular weight is 267 g/mol. The van der Waals surface area contributed by atoms with E-state index in [2.05, 4.69) is 5.32 Å². The lowest BCUT2D eigenvalue weighted by Crippen LogP contribution is -2.35. The van der Waals surface area contributed by atoms with Crippen molar-refractivity contribution >= 4 is 23.3 Å². The lowest BCUT2D eigenvalue weighted by atomic mass is 10.0. The van der Waals surface area contributed by atoms with E-state index in [0.29, 0.717) is 16.3 Å². The predicted molar refractivity (Wildman–Crippen MR) is 70.4 cm³/mol. The fraction of sp³-hybridized carbons (Fsp3) is 0.385. The summed E-state index contributed by atoms with van der Waals surface area (Å²) in [7, 11) is 1.35. The largest absolute Gasteiger partial charge is 0.467 e. The van der Waals surface area contributed by atoms with Crippen molar-refractivity contribution in [3.8, 4) is 6.07 Å². The normalized spacial score (nSPS) is 11.8. The summed E-state index contributed by atoms with van der Waals surface area (Å²) in [6, 6.07) is 6.40. The highest BCUT2D eigenvalue weighted by Gasteiger charge is 2.23. The van der Waals surface area contributed by atoms with Crippen LogP contribution in [0.3, 0.4) is 0 Å². The molecule has 0 fully saturated rings. The molecule has 0 aliphatic carbocycles. The van der Waals surface area contributed by atoms with E-state index in [9.17, 15) is 4.79 Å². The summed E-state index contributed by atoms with van der Waals surface area (Å²) >= 11 is 6.04. The van der Waals surface area contributed by atoms with E-state index in [4.69, 9.17) is 21.6 Å². The Hall–Kier alpha value is -1.73. The number of rotatable bonds is 4. The van der Waals surface area contributed by atoms with Crippen molar-refractivity contribution in [1.82, 2.24) is 0 Å².